The maximum atomic E-state index is 4.95. The monoisotopic (exact) mass is 337 g/mol. The molecule has 1 aliphatic rings. The molecule has 132 valence electrons. The third-order valence-electron chi connectivity index (χ3n) is 5.68. The fraction of sp³-hybridized carbons (Fsp3) is 0.500. The summed E-state index contributed by atoms with van der Waals surface area (Å²) >= 11 is 0. The Kier molecular flexibility index (Phi) is 4.12. The highest BCUT2D eigenvalue weighted by Crippen LogP contribution is 2.34. The van der Waals surface area contributed by atoms with Crippen molar-refractivity contribution in [1.29, 1.82) is 0 Å². The van der Waals surface area contributed by atoms with Crippen molar-refractivity contribution in [3.8, 4) is 0 Å². The highest BCUT2D eigenvalue weighted by molar-refractivity contribution is 5.75. The van der Waals surface area contributed by atoms with Crippen LogP contribution in [-0.2, 0) is 20.1 Å². The molecule has 1 saturated heterocycles. The van der Waals surface area contributed by atoms with Crippen molar-refractivity contribution < 1.29 is 0 Å². The summed E-state index contributed by atoms with van der Waals surface area (Å²) in [5, 5.41) is 4.69. The summed E-state index contributed by atoms with van der Waals surface area (Å²) in [4.78, 5) is 7.53. The molecule has 3 aromatic rings. The van der Waals surface area contributed by atoms with E-state index in [1.807, 2.05) is 0 Å². The smallest absolute Gasteiger partial charge is 0.127 e. The molecular weight excluding hydrogens is 310 g/mol. The highest BCUT2D eigenvalue weighted by Gasteiger charge is 2.31. The topological polar surface area (TPSA) is 38.9 Å². The van der Waals surface area contributed by atoms with Crippen LogP contribution in [0.25, 0.3) is 11.0 Å². The molecule has 2 aromatic heterocycles. The third kappa shape index (κ3) is 2.67. The summed E-state index contributed by atoms with van der Waals surface area (Å²) in [6.07, 6.45) is 2.41. The molecule has 1 atom stereocenters. The Morgan fingerprint density at radius 2 is 2.00 bits per heavy atom. The molecular formula is C20H27N5. The number of aryl methyl sites for hydroxylation is 3. The van der Waals surface area contributed by atoms with E-state index in [0.29, 0.717) is 6.04 Å². The molecule has 0 bridgehead atoms. The standard InChI is InChI=1S/C20H27N5/c1-5-25-15(3)16(14(2)22-25)13-24-12-8-11-19(24)20-21-17-9-6-7-10-18(17)23(20)4/h6-7,9-10,19H,5,8,11-13H2,1-4H3. The number of rotatable bonds is 4. The van der Waals surface area contributed by atoms with E-state index in [-0.39, 0.29) is 0 Å². The van der Waals surface area contributed by atoms with Crippen LogP contribution < -0.4 is 0 Å². The van der Waals surface area contributed by atoms with Crippen LogP contribution in [-0.4, -0.2) is 30.8 Å². The van der Waals surface area contributed by atoms with Crippen LogP contribution in [0.15, 0.2) is 24.3 Å². The van der Waals surface area contributed by atoms with Crippen molar-refractivity contribution in [2.24, 2.45) is 7.05 Å². The van der Waals surface area contributed by atoms with Gasteiger partial charge in [-0.3, -0.25) is 9.58 Å². The molecule has 4 rings (SSSR count). The van der Waals surface area contributed by atoms with E-state index in [2.05, 4.69) is 71.3 Å². The maximum absolute atomic E-state index is 4.95. The van der Waals surface area contributed by atoms with E-state index in [1.165, 1.54) is 35.4 Å². The van der Waals surface area contributed by atoms with Crippen molar-refractivity contribution in [2.75, 3.05) is 6.54 Å². The number of likely N-dealkylation sites (tertiary alicyclic amines) is 1. The van der Waals surface area contributed by atoms with Gasteiger partial charge in [0.1, 0.15) is 5.82 Å². The Balaban J connectivity index is 1.66. The second kappa shape index (κ2) is 6.30. The molecule has 0 radical (unpaired) electrons. The summed E-state index contributed by atoms with van der Waals surface area (Å²) in [6, 6.07) is 8.81. The minimum atomic E-state index is 0.390. The van der Waals surface area contributed by atoms with Crippen molar-refractivity contribution in [3.63, 3.8) is 0 Å². The maximum Gasteiger partial charge on any atom is 0.127 e. The average Bonchev–Trinajstić information content (AvgIpc) is 3.28. The average molecular weight is 337 g/mol. The van der Waals surface area contributed by atoms with Crippen LogP contribution in [0.2, 0.25) is 0 Å². The first-order valence-electron chi connectivity index (χ1n) is 9.28. The molecule has 3 heterocycles. The predicted octanol–water partition coefficient (Wildman–Crippen LogP) is 3.74. The number of aromatic nitrogens is 4. The molecule has 1 aliphatic heterocycles. The second-order valence-corrected chi connectivity index (χ2v) is 7.11. The van der Waals surface area contributed by atoms with Crippen LogP contribution in [0.3, 0.4) is 0 Å². The largest absolute Gasteiger partial charge is 0.330 e. The third-order valence-corrected chi connectivity index (χ3v) is 5.68. The van der Waals surface area contributed by atoms with Gasteiger partial charge in [0.2, 0.25) is 0 Å². The lowest BCUT2D eigenvalue weighted by Crippen LogP contribution is -2.25. The van der Waals surface area contributed by atoms with E-state index in [9.17, 15) is 0 Å². The van der Waals surface area contributed by atoms with E-state index in [4.69, 9.17) is 4.98 Å². The number of para-hydroxylation sites is 2. The van der Waals surface area contributed by atoms with Gasteiger partial charge >= 0.3 is 0 Å². The second-order valence-electron chi connectivity index (χ2n) is 7.11. The quantitative estimate of drug-likeness (QED) is 0.728. The number of hydrogen-bond donors (Lipinski definition) is 0. The van der Waals surface area contributed by atoms with Gasteiger partial charge in [-0.15, -0.1) is 0 Å². The van der Waals surface area contributed by atoms with Gasteiger partial charge < -0.3 is 4.57 Å². The van der Waals surface area contributed by atoms with Gasteiger partial charge in [0.25, 0.3) is 0 Å². The summed E-state index contributed by atoms with van der Waals surface area (Å²) in [7, 11) is 2.15. The normalized spacial score (nSPS) is 18.5. The molecule has 5 nitrogen and oxygen atoms in total. The van der Waals surface area contributed by atoms with Crippen LogP contribution in [0.5, 0.6) is 0 Å². The van der Waals surface area contributed by atoms with Gasteiger partial charge in [-0.05, 0) is 52.3 Å². The van der Waals surface area contributed by atoms with Gasteiger partial charge in [-0.1, -0.05) is 12.1 Å². The van der Waals surface area contributed by atoms with Crippen LogP contribution in [0.1, 0.15) is 48.6 Å². The van der Waals surface area contributed by atoms with Gasteiger partial charge in [0, 0.05) is 31.4 Å². The van der Waals surface area contributed by atoms with E-state index in [0.717, 1.165) is 30.8 Å². The minimum absolute atomic E-state index is 0.390. The first kappa shape index (κ1) is 16.3. The lowest BCUT2D eigenvalue weighted by atomic mass is 10.1. The fourth-order valence-electron chi connectivity index (χ4n) is 4.24. The predicted molar refractivity (Wildman–Crippen MR) is 100 cm³/mol. The first-order valence-corrected chi connectivity index (χ1v) is 9.28. The summed E-state index contributed by atoms with van der Waals surface area (Å²) in [5.74, 6) is 1.19. The van der Waals surface area contributed by atoms with Gasteiger partial charge in [-0.25, -0.2) is 4.98 Å². The minimum Gasteiger partial charge on any atom is -0.330 e. The number of hydrogen-bond acceptors (Lipinski definition) is 3. The molecule has 0 spiro atoms. The van der Waals surface area contributed by atoms with Gasteiger partial charge in [0.15, 0.2) is 0 Å². The Morgan fingerprint density at radius 3 is 2.72 bits per heavy atom. The number of benzene rings is 1. The molecule has 1 unspecified atom stereocenters. The molecule has 0 N–H and O–H groups in total. The van der Waals surface area contributed by atoms with E-state index < -0.39 is 0 Å². The summed E-state index contributed by atoms with van der Waals surface area (Å²) in [6.45, 7) is 9.51. The Hall–Kier alpha value is -2.14. The Bertz CT molecular complexity index is 904. The summed E-state index contributed by atoms with van der Waals surface area (Å²) < 4.78 is 4.39. The van der Waals surface area contributed by atoms with Gasteiger partial charge in [0.05, 0.1) is 22.8 Å². The molecule has 1 fully saturated rings. The van der Waals surface area contributed by atoms with Crippen LogP contribution >= 0.6 is 0 Å². The SMILES string of the molecule is CCn1nc(C)c(CN2CCCC2c2nc3ccccc3n2C)c1C. The molecule has 0 amide bonds. The van der Waals surface area contributed by atoms with Crippen LogP contribution in [0.4, 0.5) is 0 Å². The molecule has 5 heteroatoms. The lowest BCUT2D eigenvalue weighted by molar-refractivity contribution is 0.236. The molecule has 0 saturated carbocycles. The number of fused-ring (bicyclic) bond motifs is 1. The summed E-state index contributed by atoms with van der Waals surface area (Å²) in [5.41, 5.74) is 6.16. The highest BCUT2D eigenvalue weighted by atomic mass is 15.3. The zero-order valence-electron chi connectivity index (χ0n) is 15.7. The number of imidazole rings is 1. The molecule has 1 aromatic carbocycles. The molecule has 0 aliphatic carbocycles. The zero-order valence-corrected chi connectivity index (χ0v) is 15.7. The Labute approximate surface area is 149 Å². The Morgan fingerprint density at radius 1 is 1.20 bits per heavy atom. The van der Waals surface area contributed by atoms with E-state index >= 15 is 0 Å². The fourth-order valence-corrected chi connectivity index (χ4v) is 4.24. The van der Waals surface area contributed by atoms with Crippen molar-refractivity contribution in [2.45, 2.75) is 52.7 Å². The first-order chi connectivity index (χ1) is 12.1. The van der Waals surface area contributed by atoms with Crippen molar-refractivity contribution >= 4 is 11.0 Å². The van der Waals surface area contributed by atoms with Crippen LogP contribution in [0, 0.1) is 13.8 Å². The van der Waals surface area contributed by atoms with Gasteiger partial charge in [-0.2, -0.15) is 5.10 Å². The number of nitrogens with zero attached hydrogens (tertiary/aromatic N) is 5. The van der Waals surface area contributed by atoms with Crippen molar-refractivity contribution in [3.05, 3.63) is 47.0 Å². The molecule has 25 heavy (non-hydrogen) atoms. The zero-order chi connectivity index (χ0) is 17.6. The van der Waals surface area contributed by atoms with Crippen molar-refractivity contribution in [1.82, 2.24) is 24.2 Å². The van der Waals surface area contributed by atoms with E-state index in [1.54, 1.807) is 0 Å². The lowest BCUT2D eigenvalue weighted by Gasteiger charge is -2.24.